The summed E-state index contributed by atoms with van der Waals surface area (Å²) in [7, 11) is 0. The highest BCUT2D eigenvalue weighted by molar-refractivity contribution is 7.09. The van der Waals surface area contributed by atoms with Crippen LogP contribution in [-0.2, 0) is 4.79 Å². The van der Waals surface area contributed by atoms with Crippen molar-refractivity contribution in [3.63, 3.8) is 0 Å². The molecule has 0 bridgehead atoms. The van der Waals surface area contributed by atoms with Gasteiger partial charge in [0.05, 0.1) is 10.7 Å². The molecule has 1 atom stereocenters. The van der Waals surface area contributed by atoms with Crippen LogP contribution in [0, 0.1) is 6.92 Å². The van der Waals surface area contributed by atoms with E-state index in [0.29, 0.717) is 0 Å². The molecule has 2 rings (SSSR count). The van der Waals surface area contributed by atoms with E-state index in [1.54, 1.807) is 11.3 Å². The third-order valence-electron chi connectivity index (χ3n) is 2.60. The first kappa shape index (κ1) is 9.80. The van der Waals surface area contributed by atoms with Crippen LogP contribution >= 0.6 is 11.3 Å². The van der Waals surface area contributed by atoms with Crippen molar-refractivity contribution >= 4 is 17.6 Å². The average Bonchev–Trinajstić information content (AvgIpc) is 2.79. The first-order valence-electron chi connectivity index (χ1n) is 4.92. The zero-order valence-corrected chi connectivity index (χ0v) is 9.09. The standard InChI is InChI=1S/C10H14N2OS/c1-8-11-9(7-14-8)10(6-13)12-4-2-3-5-12/h6-7,10H,2-5H2,1H3. The fourth-order valence-corrected chi connectivity index (χ4v) is 2.52. The van der Waals surface area contributed by atoms with Crippen LogP contribution in [0.5, 0.6) is 0 Å². The van der Waals surface area contributed by atoms with Gasteiger partial charge in [-0.2, -0.15) is 0 Å². The Morgan fingerprint density at radius 1 is 1.57 bits per heavy atom. The van der Waals surface area contributed by atoms with Crippen LogP contribution in [0.3, 0.4) is 0 Å². The Morgan fingerprint density at radius 3 is 2.79 bits per heavy atom. The van der Waals surface area contributed by atoms with Crippen molar-refractivity contribution in [3.8, 4) is 0 Å². The van der Waals surface area contributed by atoms with Crippen LogP contribution in [-0.4, -0.2) is 29.3 Å². The van der Waals surface area contributed by atoms with Gasteiger partial charge in [-0.05, 0) is 32.9 Å². The van der Waals surface area contributed by atoms with E-state index in [1.165, 1.54) is 12.8 Å². The molecule has 14 heavy (non-hydrogen) atoms. The van der Waals surface area contributed by atoms with Crippen LogP contribution in [0.4, 0.5) is 0 Å². The number of aromatic nitrogens is 1. The van der Waals surface area contributed by atoms with Gasteiger partial charge in [0.15, 0.2) is 0 Å². The number of aryl methyl sites for hydroxylation is 1. The molecule has 1 aliphatic heterocycles. The highest BCUT2D eigenvalue weighted by Gasteiger charge is 2.24. The lowest BCUT2D eigenvalue weighted by molar-refractivity contribution is -0.112. The number of thiazole rings is 1. The first-order chi connectivity index (χ1) is 6.81. The van der Waals surface area contributed by atoms with Crippen molar-refractivity contribution in [2.24, 2.45) is 0 Å². The first-order valence-corrected chi connectivity index (χ1v) is 5.80. The van der Waals surface area contributed by atoms with Gasteiger partial charge in [-0.3, -0.25) is 4.90 Å². The van der Waals surface area contributed by atoms with Gasteiger partial charge in [0.2, 0.25) is 0 Å². The predicted molar refractivity (Wildman–Crippen MR) is 56.5 cm³/mol. The summed E-state index contributed by atoms with van der Waals surface area (Å²) in [5, 5.41) is 3.03. The van der Waals surface area contributed by atoms with Crippen molar-refractivity contribution in [1.29, 1.82) is 0 Å². The SMILES string of the molecule is Cc1nc(C(C=O)N2CCCC2)cs1. The minimum absolute atomic E-state index is 0.109. The molecule has 1 fully saturated rings. The van der Waals surface area contributed by atoms with Gasteiger partial charge in [0.25, 0.3) is 0 Å². The Balaban J connectivity index is 2.16. The monoisotopic (exact) mass is 210 g/mol. The second-order valence-corrected chi connectivity index (χ2v) is 4.68. The Morgan fingerprint density at radius 2 is 2.29 bits per heavy atom. The third-order valence-corrected chi connectivity index (χ3v) is 3.39. The fraction of sp³-hybridized carbons (Fsp3) is 0.600. The van der Waals surface area contributed by atoms with E-state index in [-0.39, 0.29) is 6.04 Å². The second kappa shape index (κ2) is 4.19. The number of likely N-dealkylation sites (tertiary alicyclic amines) is 1. The molecule has 0 spiro atoms. The summed E-state index contributed by atoms with van der Waals surface area (Å²) in [6.45, 7) is 4.03. The Hall–Kier alpha value is -0.740. The molecular formula is C10H14N2OS. The maximum atomic E-state index is 11.0. The van der Waals surface area contributed by atoms with Crippen LogP contribution in [0.25, 0.3) is 0 Å². The van der Waals surface area contributed by atoms with Gasteiger partial charge < -0.3 is 4.79 Å². The van der Waals surface area contributed by atoms with Gasteiger partial charge in [0, 0.05) is 5.38 Å². The van der Waals surface area contributed by atoms with E-state index in [2.05, 4.69) is 9.88 Å². The zero-order valence-electron chi connectivity index (χ0n) is 8.27. The minimum atomic E-state index is -0.109. The van der Waals surface area contributed by atoms with Crippen LogP contribution in [0.1, 0.15) is 29.6 Å². The number of hydrogen-bond acceptors (Lipinski definition) is 4. The molecule has 1 aromatic rings. The van der Waals surface area contributed by atoms with Crippen LogP contribution < -0.4 is 0 Å². The normalized spacial score (nSPS) is 19.8. The molecule has 0 amide bonds. The van der Waals surface area contributed by atoms with Crippen molar-refractivity contribution in [2.45, 2.75) is 25.8 Å². The molecule has 0 N–H and O–H groups in total. The lowest BCUT2D eigenvalue weighted by Gasteiger charge is -2.20. The molecule has 0 aromatic carbocycles. The molecule has 1 aromatic heterocycles. The lowest BCUT2D eigenvalue weighted by atomic mass is 10.2. The minimum Gasteiger partial charge on any atom is -0.301 e. The number of rotatable bonds is 3. The molecule has 1 unspecified atom stereocenters. The fourth-order valence-electron chi connectivity index (χ4n) is 1.88. The maximum Gasteiger partial charge on any atom is 0.143 e. The largest absolute Gasteiger partial charge is 0.301 e. The summed E-state index contributed by atoms with van der Waals surface area (Å²) in [5.41, 5.74) is 0.921. The molecule has 0 radical (unpaired) electrons. The summed E-state index contributed by atoms with van der Waals surface area (Å²) in [6.07, 6.45) is 3.42. The smallest absolute Gasteiger partial charge is 0.143 e. The second-order valence-electron chi connectivity index (χ2n) is 3.62. The molecule has 1 saturated heterocycles. The Kier molecular flexibility index (Phi) is 2.93. The Bertz CT molecular complexity index is 318. The summed E-state index contributed by atoms with van der Waals surface area (Å²) >= 11 is 1.61. The molecule has 3 nitrogen and oxygen atoms in total. The number of aldehydes is 1. The topological polar surface area (TPSA) is 33.2 Å². The van der Waals surface area contributed by atoms with Gasteiger partial charge in [-0.25, -0.2) is 4.98 Å². The Labute approximate surface area is 87.8 Å². The van der Waals surface area contributed by atoms with Gasteiger partial charge in [0.1, 0.15) is 12.3 Å². The molecule has 2 heterocycles. The molecule has 1 aliphatic rings. The zero-order chi connectivity index (χ0) is 9.97. The highest BCUT2D eigenvalue weighted by atomic mass is 32.1. The summed E-state index contributed by atoms with van der Waals surface area (Å²) < 4.78 is 0. The van der Waals surface area contributed by atoms with Gasteiger partial charge in [-0.1, -0.05) is 0 Å². The van der Waals surface area contributed by atoms with Crippen molar-refractivity contribution in [3.05, 3.63) is 16.1 Å². The van der Waals surface area contributed by atoms with Gasteiger partial charge in [-0.15, -0.1) is 11.3 Å². The number of carbonyl (C=O) groups excluding carboxylic acids is 1. The van der Waals surface area contributed by atoms with Crippen LogP contribution in [0.15, 0.2) is 5.38 Å². The highest BCUT2D eigenvalue weighted by Crippen LogP contribution is 2.24. The molecule has 0 saturated carbocycles. The predicted octanol–water partition coefficient (Wildman–Crippen LogP) is 1.79. The van der Waals surface area contributed by atoms with Gasteiger partial charge >= 0.3 is 0 Å². The third kappa shape index (κ3) is 1.86. The number of nitrogens with zero attached hydrogens (tertiary/aromatic N) is 2. The summed E-state index contributed by atoms with van der Waals surface area (Å²) in [4.78, 5) is 17.6. The molecular weight excluding hydrogens is 196 g/mol. The van der Waals surface area contributed by atoms with E-state index in [1.807, 2.05) is 12.3 Å². The molecule has 0 aliphatic carbocycles. The van der Waals surface area contributed by atoms with E-state index in [4.69, 9.17) is 0 Å². The molecule has 4 heteroatoms. The quantitative estimate of drug-likeness (QED) is 0.713. The average molecular weight is 210 g/mol. The van der Waals surface area contributed by atoms with Crippen LogP contribution in [0.2, 0.25) is 0 Å². The lowest BCUT2D eigenvalue weighted by Crippen LogP contribution is -2.26. The van der Waals surface area contributed by atoms with E-state index in [0.717, 1.165) is 30.1 Å². The maximum absolute atomic E-state index is 11.0. The number of hydrogen-bond donors (Lipinski definition) is 0. The number of carbonyl (C=O) groups is 1. The van der Waals surface area contributed by atoms with E-state index < -0.39 is 0 Å². The van der Waals surface area contributed by atoms with Crippen molar-refractivity contribution in [1.82, 2.24) is 9.88 Å². The summed E-state index contributed by atoms with van der Waals surface area (Å²) in [6, 6.07) is -0.109. The summed E-state index contributed by atoms with van der Waals surface area (Å²) in [5.74, 6) is 0. The van der Waals surface area contributed by atoms with E-state index in [9.17, 15) is 4.79 Å². The van der Waals surface area contributed by atoms with Crippen molar-refractivity contribution < 1.29 is 4.79 Å². The van der Waals surface area contributed by atoms with E-state index >= 15 is 0 Å². The molecule has 76 valence electrons. The van der Waals surface area contributed by atoms with Crippen molar-refractivity contribution in [2.75, 3.05) is 13.1 Å².